The summed E-state index contributed by atoms with van der Waals surface area (Å²) in [6.45, 7) is 22.2. The minimum Gasteiger partial charge on any atom is -0.494 e. The van der Waals surface area contributed by atoms with Gasteiger partial charge >= 0.3 is 26.3 Å². The zero-order valence-electron chi connectivity index (χ0n) is 45.8. The predicted molar refractivity (Wildman–Crippen MR) is 312 cm³/mol. The summed E-state index contributed by atoms with van der Waals surface area (Å²) in [4.78, 5) is 0.504. The number of hydrogen-bond donors (Lipinski definition) is 0. The number of allylic oxidation sites excluding steroid dienone is 2. The summed E-state index contributed by atoms with van der Waals surface area (Å²) < 4.78 is 123. The van der Waals surface area contributed by atoms with Gasteiger partial charge in [0.1, 0.15) is 11.5 Å². The van der Waals surface area contributed by atoms with Gasteiger partial charge in [0.2, 0.25) is 0 Å². The molecule has 0 aliphatic heterocycles. The lowest BCUT2D eigenvalue weighted by molar-refractivity contribution is -0.254. The molecule has 4 nitrogen and oxygen atoms in total. The van der Waals surface area contributed by atoms with E-state index in [9.17, 15) is 0 Å². The molecule has 0 N–H and O–H groups in total. The van der Waals surface area contributed by atoms with Gasteiger partial charge in [-0.2, -0.15) is 26.3 Å². The van der Waals surface area contributed by atoms with E-state index in [1.807, 2.05) is 54.6 Å². The lowest BCUT2D eigenvalue weighted by Crippen LogP contribution is -2.51. The first-order valence-corrected chi connectivity index (χ1v) is 38.2. The van der Waals surface area contributed by atoms with Crippen LogP contribution in [0.25, 0.3) is 53.6 Å². The van der Waals surface area contributed by atoms with Gasteiger partial charge in [-0.3, -0.25) is 0 Å². The average molecular weight is 1130 g/mol. The Labute approximate surface area is 453 Å². The van der Waals surface area contributed by atoms with E-state index in [1.165, 1.54) is 84.1 Å². The van der Waals surface area contributed by atoms with Crippen LogP contribution in [0.4, 0.5) is 26.3 Å². The van der Waals surface area contributed by atoms with Crippen LogP contribution in [0.5, 0.6) is 11.5 Å². The summed E-state index contributed by atoms with van der Waals surface area (Å²) in [5.74, 6) is -14.5. The number of unbranched alkanes of at least 4 members (excludes halogenated alkanes) is 12. The second-order valence-corrected chi connectivity index (χ2v) is 37.7. The number of benzene rings is 4. The number of thiophene rings is 2. The van der Waals surface area contributed by atoms with Gasteiger partial charge in [0.25, 0.3) is 0 Å². The molecule has 4 aromatic carbocycles. The first-order chi connectivity index (χ1) is 35.4. The maximum Gasteiger partial charge on any atom is 0.380 e. The Morgan fingerprint density at radius 3 is 1.23 bits per heavy atom. The molecule has 0 spiro atoms. The van der Waals surface area contributed by atoms with Crippen LogP contribution in [0.15, 0.2) is 84.9 Å². The highest BCUT2D eigenvalue weighted by atomic mass is 32.1. The molecule has 0 bridgehead atoms. The fourth-order valence-electron chi connectivity index (χ4n) is 10.7. The second-order valence-electron chi connectivity index (χ2n) is 22.5. The third-order valence-corrected chi connectivity index (χ3v) is 26.3. The zero-order valence-corrected chi connectivity index (χ0v) is 50.5. The Hall–Kier alpha value is -3.71. The lowest BCUT2D eigenvalue weighted by Gasteiger charge is -2.37. The Kier molecular flexibility index (Phi) is 19.3. The van der Waals surface area contributed by atoms with Gasteiger partial charge in [-0.15, -0.1) is 22.7 Å². The van der Waals surface area contributed by atoms with E-state index in [0.717, 1.165) is 82.1 Å². The molecule has 1 aliphatic rings. The van der Waals surface area contributed by atoms with E-state index in [-0.39, 0.29) is 31.7 Å². The topological polar surface area (TPSA) is 36.9 Å². The van der Waals surface area contributed by atoms with E-state index in [0.29, 0.717) is 22.6 Å². The van der Waals surface area contributed by atoms with Crippen molar-refractivity contribution in [1.29, 1.82) is 0 Å². The van der Waals surface area contributed by atoms with Gasteiger partial charge < -0.3 is 17.7 Å². The first-order valence-electron chi connectivity index (χ1n) is 27.2. The summed E-state index contributed by atoms with van der Waals surface area (Å²) in [6.07, 6.45) is 16.4. The van der Waals surface area contributed by atoms with Crippen molar-refractivity contribution < 1.29 is 44.0 Å². The average Bonchev–Trinajstić information content (AvgIpc) is 3.87. The first kappa shape index (κ1) is 59.0. The van der Waals surface area contributed by atoms with Crippen LogP contribution in [0.3, 0.4) is 0 Å². The molecular formula is C60H78F6O4S2Si3. The Morgan fingerprint density at radius 2 is 0.827 bits per heavy atom. The number of ether oxygens (including phenoxy) is 2. The fourth-order valence-corrected chi connectivity index (χ4v) is 26.2. The lowest BCUT2D eigenvalue weighted by atomic mass is 9.91. The van der Waals surface area contributed by atoms with Crippen LogP contribution < -0.4 is 9.47 Å². The van der Waals surface area contributed by atoms with Crippen LogP contribution in [0, 0.1) is 13.8 Å². The maximum absolute atomic E-state index is 16.4. The Bertz CT molecular complexity index is 2890. The predicted octanol–water partition coefficient (Wildman–Crippen LogP) is 20.9. The third-order valence-electron chi connectivity index (χ3n) is 14.1. The van der Waals surface area contributed by atoms with Crippen LogP contribution in [0.2, 0.25) is 51.9 Å². The number of alkyl halides is 6. The fraction of sp³-hybridized carbons (Fsp3) is 0.500. The highest BCUT2D eigenvalue weighted by Crippen LogP contribution is 2.67. The summed E-state index contributed by atoms with van der Waals surface area (Å²) >= 11 is 2.26. The van der Waals surface area contributed by atoms with Gasteiger partial charge in [0.05, 0.1) is 13.2 Å². The molecule has 0 amide bonds. The van der Waals surface area contributed by atoms with Gasteiger partial charge in [-0.25, -0.2) is 0 Å². The van der Waals surface area contributed by atoms with Gasteiger partial charge in [-0.05, 0) is 137 Å². The molecular weight excluding hydrogens is 1050 g/mol. The minimum atomic E-state index is -5.67. The van der Waals surface area contributed by atoms with Crippen LogP contribution in [0.1, 0.15) is 118 Å². The molecule has 408 valence electrons. The van der Waals surface area contributed by atoms with E-state index in [2.05, 4.69) is 52.8 Å². The molecule has 6 aromatic rings. The summed E-state index contributed by atoms with van der Waals surface area (Å²) in [5.41, 5.74) is 0.0615. The quantitative estimate of drug-likeness (QED) is 0.0279. The number of aryl methyl sites for hydroxylation is 2. The van der Waals surface area contributed by atoms with Crippen LogP contribution in [-0.4, -0.2) is 56.2 Å². The Balaban J connectivity index is 0.962. The SMILES string of the molecule is CCCCCCCOc1ccc(-c2ccc3c(C4=C(c5c(C)sc6cc(-c7ccc(OCCCCCCCCCCC[Si](C)(C)O[Si](C)(C)O[Si](C)(C)C)cc7)ccc56)C(F)(F)C(F)(F)C4(F)F)c(C)sc3c2)cc1. The normalized spacial score (nSPS) is 15.7. The zero-order chi connectivity index (χ0) is 54.4. The molecule has 7 rings (SSSR count). The minimum absolute atomic E-state index is 0.224. The monoisotopic (exact) mass is 1120 g/mol. The van der Waals surface area contributed by atoms with Crippen LogP contribution >= 0.6 is 22.7 Å². The maximum atomic E-state index is 16.4. The van der Waals surface area contributed by atoms with Crippen molar-refractivity contribution >= 4 is 79.2 Å². The molecule has 0 fully saturated rings. The summed E-state index contributed by atoms with van der Waals surface area (Å²) in [5, 5.41) is 0.448. The molecule has 0 saturated carbocycles. The third kappa shape index (κ3) is 14.1. The highest BCUT2D eigenvalue weighted by Gasteiger charge is 2.80. The van der Waals surface area contributed by atoms with Gasteiger partial charge in [-0.1, -0.05) is 133 Å². The number of hydrogen-bond acceptors (Lipinski definition) is 6. The van der Waals surface area contributed by atoms with Crippen molar-refractivity contribution in [2.24, 2.45) is 0 Å². The van der Waals surface area contributed by atoms with E-state index >= 15 is 26.3 Å². The van der Waals surface area contributed by atoms with Crippen molar-refractivity contribution in [3.05, 3.63) is 106 Å². The van der Waals surface area contributed by atoms with Crippen molar-refractivity contribution in [3.8, 4) is 33.8 Å². The number of halogens is 6. The molecule has 0 atom stereocenters. The van der Waals surface area contributed by atoms with E-state index in [4.69, 9.17) is 17.7 Å². The molecule has 0 radical (unpaired) electrons. The largest absolute Gasteiger partial charge is 0.494 e. The standard InChI is InChI=1S/C60H78F6O4S2Si3/c1-11-12-13-19-22-37-67-48-31-25-44(26-32-48)46-29-35-50-52(40-46)71-42(2)54(50)56-57(59(63,64)60(65,66)58(56,61)62)55-43(3)72-53-41-47(30-36-51(53)55)45-27-33-49(34-28-45)68-38-23-20-17-15-14-16-18-21-24-39-74(7,8)70-75(9,10)69-73(4,5)6/h25-36,40-41H,11-24,37-39H2,1-10H3. The summed E-state index contributed by atoms with van der Waals surface area (Å²) in [6, 6.07) is 26.6. The molecule has 75 heavy (non-hydrogen) atoms. The van der Waals surface area contributed by atoms with Gasteiger partial charge in [0, 0.05) is 52.2 Å². The van der Waals surface area contributed by atoms with E-state index < -0.39 is 54.1 Å². The van der Waals surface area contributed by atoms with Crippen molar-refractivity contribution in [2.45, 2.75) is 180 Å². The number of rotatable bonds is 28. The summed E-state index contributed by atoms with van der Waals surface area (Å²) in [7, 11) is -5.45. The van der Waals surface area contributed by atoms with Crippen LogP contribution in [-0.2, 0) is 8.23 Å². The molecule has 0 saturated heterocycles. The Morgan fingerprint density at radius 1 is 0.453 bits per heavy atom. The van der Waals surface area contributed by atoms with Crippen molar-refractivity contribution in [3.63, 3.8) is 0 Å². The van der Waals surface area contributed by atoms with Crippen molar-refractivity contribution in [1.82, 2.24) is 0 Å². The van der Waals surface area contributed by atoms with Crippen molar-refractivity contribution in [2.75, 3.05) is 13.2 Å². The molecule has 2 heterocycles. The molecule has 1 aliphatic carbocycles. The molecule has 0 unspecified atom stereocenters. The highest BCUT2D eigenvalue weighted by molar-refractivity contribution is 7.19. The number of fused-ring (bicyclic) bond motifs is 2. The van der Waals surface area contributed by atoms with E-state index in [1.54, 1.807) is 30.3 Å². The van der Waals surface area contributed by atoms with Gasteiger partial charge in [0.15, 0.2) is 16.6 Å². The molecule has 15 heteroatoms. The molecule has 2 aromatic heterocycles. The second kappa shape index (κ2) is 24.5. The smallest absolute Gasteiger partial charge is 0.380 e.